The summed E-state index contributed by atoms with van der Waals surface area (Å²) >= 11 is 4.45. The second kappa shape index (κ2) is 3.02. The lowest BCUT2D eigenvalue weighted by Crippen LogP contribution is -2.02. The summed E-state index contributed by atoms with van der Waals surface area (Å²) in [7, 11) is 0. The van der Waals surface area contributed by atoms with Crippen LogP contribution in [0, 0.1) is 0 Å². The highest BCUT2D eigenvalue weighted by atomic mass is 32.1. The van der Waals surface area contributed by atoms with Crippen molar-refractivity contribution in [1.82, 2.24) is 4.98 Å². The minimum Gasteiger partial charge on any atom is -0.476 e. The molecule has 1 N–H and O–H groups in total. The smallest absolute Gasteiger partial charge is 0.356 e. The highest BCUT2D eigenvalue weighted by molar-refractivity contribution is 7.97. The summed E-state index contributed by atoms with van der Waals surface area (Å²) in [6, 6.07) is 0. The predicted octanol–water partition coefficient (Wildman–Crippen LogP) is 0.911. The van der Waals surface area contributed by atoms with Gasteiger partial charge >= 0.3 is 5.97 Å². The molecule has 58 valence electrons. The third-order valence-electron chi connectivity index (χ3n) is 0.964. The molecule has 0 spiro atoms. The van der Waals surface area contributed by atoms with Crippen LogP contribution < -0.4 is 0 Å². The molecule has 0 aliphatic rings. The maximum absolute atomic E-state index is 10.6. The van der Waals surface area contributed by atoms with Crippen LogP contribution in [-0.4, -0.2) is 21.2 Å². The van der Waals surface area contributed by atoms with E-state index in [1.54, 1.807) is 0 Å². The number of carbonyl (C=O) groups is 2. The molecule has 1 rings (SSSR count). The highest BCUT2D eigenvalue weighted by Gasteiger charge is 2.16. The first-order valence-electron chi connectivity index (χ1n) is 2.53. The van der Waals surface area contributed by atoms with Gasteiger partial charge in [0.2, 0.25) is 5.12 Å². The van der Waals surface area contributed by atoms with E-state index in [0.29, 0.717) is 0 Å². The van der Waals surface area contributed by atoms with Gasteiger partial charge in [0.15, 0.2) is 5.69 Å². The van der Waals surface area contributed by atoms with Gasteiger partial charge in [-0.15, -0.1) is 11.3 Å². The number of carboxylic acid groups (broad SMARTS) is 1. The zero-order valence-electron chi connectivity index (χ0n) is 5.14. The summed E-state index contributed by atoms with van der Waals surface area (Å²) in [5, 5.41) is 7.90. The number of carbonyl (C=O) groups excluding carboxylic acids is 1. The van der Waals surface area contributed by atoms with Crippen molar-refractivity contribution in [2.45, 2.75) is 0 Å². The van der Waals surface area contributed by atoms with E-state index in [1.165, 1.54) is 5.51 Å². The first kappa shape index (κ1) is 8.22. The molecule has 1 aromatic rings. The van der Waals surface area contributed by atoms with Crippen LogP contribution in [0.3, 0.4) is 0 Å². The summed E-state index contributed by atoms with van der Waals surface area (Å²) in [5.74, 6) is -1.20. The Morgan fingerprint density at radius 2 is 2.27 bits per heavy atom. The Morgan fingerprint density at radius 1 is 1.64 bits per heavy atom. The Labute approximate surface area is 71.3 Å². The minimum absolute atomic E-state index is 0.0702. The molecule has 6 heteroatoms. The van der Waals surface area contributed by atoms with Gasteiger partial charge in [-0.2, -0.15) is 0 Å². The summed E-state index contributed by atoms with van der Waals surface area (Å²) in [4.78, 5) is 24.5. The predicted molar refractivity (Wildman–Crippen MR) is 42.4 cm³/mol. The molecule has 0 aliphatic carbocycles. The number of hydrogen-bond donors (Lipinski definition) is 2. The third-order valence-corrected chi connectivity index (χ3v) is 2.16. The first-order chi connectivity index (χ1) is 5.13. The van der Waals surface area contributed by atoms with Gasteiger partial charge in [-0.1, -0.05) is 12.6 Å². The number of hydrogen-bond acceptors (Lipinski definition) is 4. The fourth-order valence-electron chi connectivity index (χ4n) is 0.550. The van der Waals surface area contributed by atoms with E-state index in [0.717, 1.165) is 11.3 Å². The van der Waals surface area contributed by atoms with E-state index in [4.69, 9.17) is 5.11 Å². The Bertz CT molecular complexity index is 278. The zero-order chi connectivity index (χ0) is 8.43. The number of thiol groups is 1. The van der Waals surface area contributed by atoms with E-state index in [-0.39, 0.29) is 10.6 Å². The van der Waals surface area contributed by atoms with Crippen LogP contribution in [0.1, 0.15) is 20.2 Å². The molecule has 0 radical (unpaired) electrons. The van der Waals surface area contributed by atoms with Crippen LogP contribution in [-0.2, 0) is 0 Å². The maximum atomic E-state index is 10.6. The number of aromatic nitrogens is 1. The van der Waals surface area contributed by atoms with Crippen LogP contribution >= 0.6 is 24.0 Å². The van der Waals surface area contributed by atoms with Crippen molar-refractivity contribution in [3.8, 4) is 0 Å². The quantitative estimate of drug-likeness (QED) is 0.678. The zero-order valence-corrected chi connectivity index (χ0v) is 6.85. The van der Waals surface area contributed by atoms with Crippen molar-refractivity contribution in [2.24, 2.45) is 0 Å². The SMILES string of the molecule is O=C(O)c1ncsc1C(=O)S. The van der Waals surface area contributed by atoms with Crippen molar-refractivity contribution in [1.29, 1.82) is 0 Å². The van der Waals surface area contributed by atoms with Crippen LogP contribution in [0.4, 0.5) is 0 Å². The Kier molecular flexibility index (Phi) is 2.25. The van der Waals surface area contributed by atoms with Gasteiger partial charge in [-0.05, 0) is 0 Å². The fourth-order valence-corrected chi connectivity index (χ4v) is 1.43. The highest BCUT2D eigenvalue weighted by Crippen LogP contribution is 2.15. The largest absolute Gasteiger partial charge is 0.476 e. The van der Waals surface area contributed by atoms with Gasteiger partial charge in [-0.25, -0.2) is 9.78 Å². The Hall–Kier alpha value is -0.880. The van der Waals surface area contributed by atoms with Crippen LogP contribution in [0.25, 0.3) is 0 Å². The third kappa shape index (κ3) is 1.58. The molecule has 0 aromatic carbocycles. The fraction of sp³-hybridized carbons (Fsp3) is 0. The second-order valence-corrected chi connectivity index (χ2v) is 2.90. The van der Waals surface area contributed by atoms with E-state index in [2.05, 4.69) is 17.6 Å². The van der Waals surface area contributed by atoms with E-state index >= 15 is 0 Å². The summed E-state index contributed by atoms with van der Waals surface area (Å²) < 4.78 is 0. The Morgan fingerprint density at radius 3 is 2.64 bits per heavy atom. The summed E-state index contributed by atoms with van der Waals surface area (Å²) in [6.07, 6.45) is 0. The van der Waals surface area contributed by atoms with Gasteiger partial charge in [-0.3, -0.25) is 4.79 Å². The Balaban J connectivity index is 3.16. The minimum atomic E-state index is -1.20. The lowest BCUT2D eigenvalue weighted by molar-refractivity contribution is 0.0688. The van der Waals surface area contributed by atoms with Crippen LogP contribution in [0.2, 0.25) is 0 Å². The molecular weight excluding hydrogens is 186 g/mol. The number of nitrogens with zero attached hydrogens (tertiary/aromatic N) is 1. The van der Waals surface area contributed by atoms with E-state index in [9.17, 15) is 9.59 Å². The molecule has 0 bridgehead atoms. The van der Waals surface area contributed by atoms with Crippen molar-refractivity contribution < 1.29 is 14.7 Å². The lowest BCUT2D eigenvalue weighted by atomic mass is 10.4. The van der Waals surface area contributed by atoms with Gasteiger partial charge in [0.1, 0.15) is 4.88 Å². The molecule has 0 saturated heterocycles. The molecule has 1 heterocycles. The molecule has 0 atom stereocenters. The monoisotopic (exact) mass is 189 g/mol. The summed E-state index contributed by atoms with van der Waals surface area (Å²) in [6.45, 7) is 0. The van der Waals surface area contributed by atoms with Crippen LogP contribution in [0.5, 0.6) is 0 Å². The standard InChI is InChI=1S/C5H3NO3S2/c7-4(8)2-3(5(9)10)11-1-6-2/h1H,(H,7,8)(H,9,10). The van der Waals surface area contributed by atoms with Gasteiger partial charge < -0.3 is 5.11 Å². The van der Waals surface area contributed by atoms with Gasteiger partial charge in [0, 0.05) is 0 Å². The molecule has 0 fully saturated rings. The summed E-state index contributed by atoms with van der Waals surface area (Å²) in [5.41, 5.74) is 1.07. The van der Waals surface area contributed by atoms with E-state index in [1.807, 2.05) is 0 Å². The number of carboxylic acids is 1. The second-order valence-electron chi connectivity index (χ2n) is 1.64. The normalized spacial score (nSPS) is 9.55. The van der Waals surface area contributed by atoms with Gasteiger partial charge in [0.25, 0.3) is 0 Å². The van der Waals surface area contributed by atoms with Crippen molar-refractivity contribution >= 4 is 35.1 Å². The van der Waals surface area contributed by atoms with Crippen molar-refractivity contribution in [3.05, 3.63) is 16.1 Å². The molecule has 0 amide bonds. The van der Waals surface area contributed by atoms with Crippen molar-refractivity contribution in [3.63, 3.8) is 0 Å². The molecule has 0 aliphatic heterocycles. The average Bonchev–Trinajstić information content (AvgIpc) is 2.32. The molecule has 0 saturated carbocycles. The molecule has 4 nitrogen and oxygen atoms in total. The molecule has 0 unspecified atom stereocenters. The first-order valence-corrected chi connectivity index (χ1v) is 3.85. The topological polar surface area (TPSA) is 67.3 Å². The number of aromatic carboxylic acids is 1. The lowest BCUT2D eigenvalue weighted by Gasteiger charge is -1.88. The maximum Gasteiger partial charge on any atom is 0.356 e. The van der Waals surface area contributed by atoms with E-state index < -0.39 is 11.1 Å². The molecule has 1 aromatic heterocycles. The number of rotatable bonds is 2. The number of thiazole rings is 1. The van der Waals surface area contributed by atoms with Crippen LogP contribution in [0.15, 0.2) is 5.51 Å². The van der Waals surface area contributed by atoms with Gasteiger partial charge in [0.05, 0.1) is 5.51 Å². The average molecular weight is 189 g/mol. The molecular formula is C5H3NO3S2. The van der Waals surface area contributed by atoms with Crippen molar-refractivity contribution in [2.75, 3.05) is 0 Å². The molecule has 11 heavy (non-hydrogen) atoms.